The summed E-state index contributed by atoms with van der Waals surface area (Å²) in [6.45, 7) is 4.60. The second-order valence-electron chi connectivity index (χ2n) is 6.32. The van der Waals surface area contributed by atoms with Crippen molar-refractivity contribution in [2.24, 2.45) is 11.8 Å². The van der Waals surface area contributed by atoms with Gasteiger partial charge in [-0.05, 0) is 43.9 Å². The first-order chi connectivity index (χ1) is 9.81. The molecule has 0 amide bonds. The Bertz CT molecular complexity index is 438. The number of anilines is 2. The number of nitrogens with one attached hydrogen (secondary N) is 1. The van der Waals surface area contributed by atoms with Crippen molar-refractivity contribution in [1.29, 1.82) is 0 Å². The lowest BCUT2D eigenvalue weighted by molar-refractivity contribution is 0.665. The molecule has 4 nitrogen and oxygen atoms in total. The molecule has 0 radical (unpaired) electrons. The molecule has 0 bridgehead atoms. The van der Waals surface area contributed by atoms with Crippen molar-refractivity contribution in [1.82, 2.24) is 9.97 Å². The third kappa shape index (κ3) is 3.22. The predicted octanol–water partition coefficient (Wildman–Crippen LogP) is 3.10. The van der Waals surface area contributed by atoms with Crippen molar-refractivity contribution in [3.05, 3.63) is 11.9 Å². The largest absolute Gasteiger partial charge is 0.373 e. The summed E-state index contributed by atoms with van der Waals surface area (Å²) in [6, 6.07) is 0. The maximum absolute atomic E-state index is 4.64. The van der Waals surface area contributed by atoms with E-state index in [2.05, 4.69) is 27.1 Å². The monoisotopic (exact) mass is 274 g/mol. The van der Waals surface area contributed by atoms with Crippen molar-refractivity contribution >= 4 is 11.6 Å². The first-order valence-corrected chi connectivity index (χ1v) is 8.08. The SMILES string of the molecule is CCCc1c(NC)ncnc1N(CC1CC1)CC1CC1. The quantitative estimate of drug-likeness (QED) is 0.791. The Morgan fingerprint density at radius 2 is 1.80 bits per heavy atom. The van der Waals surface area contributed by atoms with Crippen molar-refractivity contribution in [2.45, 2.75) is 45.4 Å². The molecule has 2 aliphatic carbocycles. The van der Waals surface area contributed by atoms with Crippen molar-refractivity contribution < 1.29 is 0 Å². The third-order valence-corrected chi connectivity index (χ3v) is 4.31. The van der Waals surface area contributed by atoms with Crippen LogP contribution in [0.25, 0.3) is 0 Å². The summed E-state index contributed by atoms with van der Waals surface area (Å²) in [5, 5.41) is 3.24. The molecule has 1 aromatic rings. The van der Waals surface area contributed by atoms with Crippen LogP contribution in [0.4, 0.5) is 11.6 Å². The Hall–Kier alpha value is -1.32. The Morgan fingerprint density at radius 3 is 2.30 bits per heavy atom. The van der Waals surface area contributed by atoms with Gasteiger partial charge in [0.25, 0.3) is 0 Å². The van der Waals surface area contributed by atoms with E-state index in [0.717, 1.165) is 30.5 Å². The standard InChI is InChI=1S/C16H26N4/c1-3-4-14-15(17-2)18-11-19-16(14)20(9-12-5-6-12)10-13-7-8-13/h11-13H,3-10H2,1-2H3,(H,17,18,19). The number of aromatic nitrogens is 2. The van der Waals surface area contributed by atoms with Gasteiger partial charge in [0.2, 0.25) is 0 Å². The van der Waals surface area contributed by atoms with Gasteiger partial charge in [-0.2, -0.15) is 0 Å². The van der Waals surface area contributed by atoms with Gasteiger partial charge in [0.05, 0.1) is 0 Å². The molecule has 0 aromatic carbocycles. The first kappa shape index (κ1) is 13.7. The fourth-order valence-corrected chi connectivity index (χ4v) is 2.84. The molecule has 1 heterocycles. The van der Waals surface area contributed by atoms with Crippen molar-refractivity contribution in [3.8, 4) is 0 Å². The summed E-state index contributed by atoms with van der Waals surface area (Å²) in [5.74, 6) is 3.99. The maximum atomic E-state index is 4.64. The lowest BCUT2D eigenvalue weighted by Gasteiger charge is -2.26. The number of hydrogen-bond acceptors (Lipinski definition) is 4. The Balaban J connectivity index is 1.86. The van der Waals surface area contributed by atoms with Crippen LogP contribution >= 0.6 is 0 Å². The minimum atomic E-state index is 0.899. The van der Waals surface area contributed by atoms with Gasteiger partial charge < -0.3 is 10.2 Å². The molecule has 2 fully saturated rings. The molecule has 2 saturated carbocycles. The van der Waals surface area contributed by atoms with E-state index in [0.29, 0.717) is 0 Å². The average molecular weight is 274 g/mol. The van der Waals surface area contributed by atoms with Gasteiger partial charge in [-0.25, -0.2) is 9.97 Å². The lowest BCUT2D eigenvalue weighted by Crippen LogP contribution is -2.30. The van der Waals surface area contributed by atoms with Crippen LogP contribution in [0.15, 0.2) is 6.33 Å². The number of hydrogen-bond donors (Lipinski definition) is 1. The fraction of sp³-hybridized carbons (Fsp3) is 0.750. The van der Waals surface area contributed by atoms with Crippen LogP contribution in [-0.4, -0.2) is 30.1 Å². The van der Waals surface area contributed by atoms with Gasteiger partial charge in [0.15, 0.2) is 0 Å². The van der Waals surface area contributed by atoms with Crippen molar-refractivity contribution in [2.75, 3.05) is 30.4 Å². The van der Waals surface area contributed by atoms with E-state index in [1.165, 1.54) is 50.2 Å². The van der Waals surface area contributed by atoms with Gasteiger partial charge in [-0.1, -0.05) is 13.3 Å². The molecule has 2 aliphatic rings. The molecule has 0 unspecified atom stereocenters. The second-order valence-corrected chi connectivity index (χ2v) is 6.32. The molecule has 0 aliphatic heterocycles. The fourth-order valence-electron chi connectivity index (χ4n) is 2.84. The van der Waals surface area contributed by atoms with Crippen LogP contribution in [0.1, 0.15) is 44.6 Å². The van der Waals surface area contributed by atoms with Crippen LogP contribution in [0.3, 0.4) is 0 Å². The Morgan fingerprint density at radius 1 is 1.15 bits per heavy atom. The van der Waals surface area contributed by atoms with E-state index in [9.17, 15) is 0 Å². The van der Waals surface area contributed by atoms with E-state index in [1.54, 1.807) is 6.33 Å². The van der Waals surface area contributed by atoms with Gasteiger partial charge in [0.1, 0.15) is 18.0 Å². The smallest absolute Gasteiger partial charge is 0.137 e. The molecular weight excluding hydrogens is 248 g/mol. The highest BCUT2D eigenvalue weighted by Gasteiger charge is 2.31. The topological polar surface area (TPSA) is 41.1 Å². The average Bonchev–Trinajstić information content (AvgIpc) is 3.34. The molecule has 1 N–H and O–H groups in total. The number of nitrogens with zero attached hydrogens (tertiary/aromatic N) is 3. The van der Waals surface area contributed by atoms with Gasteiger partial charge >= 0.3 is 0 Å². The molecular formula is C16H26N4. The zero-order valence-electron chi connectivity index (χ0n) is 12.7. The van der Waals surface area contributed by atoms with Crippen LogP contribution in [0.2, 0.25) is 0 Å². The van der Waals surface area contributed by atoms with E-state index in [-0.39, 0.29) is 0 Å². The summed E-state index contributed by atoms with van der Waals surface area (Å²) < 4.78 is 0. The summed E-state index contributed by atoms with van der Waals surface area (Å²) in [7, 11) is 1.96. The maximum Gasteiger partial charge on any atom is 0.137 e. The lowest BCUT2D eigenvalue weighted by atomic mass is 10.1. The number of rotatable bonds is 8. The summed E-state index contributed by atoms with van der Waals surface area (Å²) >= 11 is 0. The molecule has 0 atom stereocenters. The third-order valence-electron chi connectivity index (χ3n) is 4.31. The van der Waals surface area contributed by atoms with Crippen LogP contribution in [0, 0.1) is 11.8 Å². The summed E-state index contributed by atoms with van der Waals surface area (Å²) in [5.41, 5.74) is 1.30. The predicted molar refractivity (Wildman–Crippen MR) is 83.2 cm³/mol. The molecule has 0 saturated heterocycles. The van der Waals surface area contributed by atoms with E-state index >= 15 is 0 Å². The summed E-state index contributed by atoms with van der Waals surface area (Å²) in [6.07, 6.45) is 9.49. The van der Waals surface area contributed by atoms with Crippen molar-refractivity contribution in [3.63, 3.8) is 0 Å². The van der Waals surface area contributed by atoms with Gasteiger partial charge in [0, 0.05) is 25.7 Å². The molecule has 0 spiro atoms. The second kappa shape index (κ2) is 5.98. The Kier molecular flexibility index (Phi) is 4.08. The molecule has 4 heteroatoms. The van der Waals surface area contributed by atoms with Crippen LogP contribution in [0.5, 0.6) is 0 Å². The molecule has 1 aromatic heterocycles. The molecule has 3 rings (SSSR count). The zero-order valence-corrected chi connectivity index (χ0v) is 12.7. The van der Waals surface area contributed by atoms with Crippen LogP contribution < -0.4 is 10.2 Å². The highest BCUT2D eigenvalue weighted by Crippen LogP contribution is 2.37. The molecule has 20 heavy (non-hydrogen) atoms. The Labute approximate surface area is 122 Å². The van der Waals surface area contributed by atoms with Gasteiger partial charge in [-0.3, -0.25) is 0 Å². The minimum Gasteiger partial charge on any atom is -0.373 e. The summed E-state index contributed by atoms with van der Waals surface area (Å²) in [4.78, 5) is 11.6. The van der Waals surface area contributed by atoms with Crippen LogP contribution in [-0.2, 0) is 6.42 Å². The first-order valence-electron chi connectivity index (χ1n) is 8.08. The highest BCUT2D eigenvalue weighted by molar-refractivity contribution is 5.58. The zero-order chi connectivity index (χ0) is 13.9. The van der Waals surface area contributed by atoms with E-state index in [1.807, 2.05) is 7.05 Å². The van der Waals surface area contributed by atoms with Gasteiger partial charge in [-0.15, -0.1) is 0 Å². The highest BCUT2D eigenvalue weighted by atomic mass is 15.2. The molecule has 110 valence electrons. The van der Waals surface area contributed by atoms with E-state index in [4.69, 9.17) is 0 Å². The minimum absolute atomic E-state index is 0.899. The van der Waals surface area contributed by atoms with E-state index < -0.39 is 0 Å². The normalized spacial score (nSPS) is 18.1.